The molecule has 6 heteroatoms. The lowest BCUT2D eigenvalue weighted by molar-refractivity contribution is -0.125. The molecule has 2 aliphatic heterocycles. The van der Waals surface area contributed by atoms with Crippen molar-refractivity contribution in [2.24, 2.45) is 0 Å². The Morgan fingerprint density at radius 3 is 3.03 bits per heavy atom. The third-order valence-electron chi connectivity index (χ3n) is 6.05. The summed E-state index contributed by atoms with van der Waals surface area (Å²) < 4.78 is 2.40. The van der Waals surface area contributed by atoms with Gasteiger partial charge in [0, 0.05) is 61.0 Å². The number of likely N-dealkylation sites (N-methyl/N-ethyl adjacent to an activating group) is 1. The van der Waals surface area contributed by atoms with Gasteiger partial charge in [0.15, 0.2) is 0 Å². The van der Waals surface area contributed by atoms with E-state index >= 15 is 0 Å². The molecule has 0 saturated heterocycles. The number of amides is 2. The van der Waals surface area contributed by atoms with Crippen LogP contribution in [0.15, 0.2) is 42.6 Å². The summed E-state index contributed by atoms with van der Waals surface area (Å²) in [5.74, 6) is 0.587. The summed E-state index contributed by atoms with van der Waals surface area (Å²) in [4.78, 5) is 30.3. The van der Waals surface area contributed by atoms with Crippen molar-refractivity contribution in [2.45, 2.75) is 38.8 Å². The van der Waals surface area contributed by atoms with Gasteiger partial charge >= 0.3 is 0 Å². The van der Waals surface area contributed by atoms with Gasteiger partial charge in [-0.3, -0.25) is 9.59 Å². The first-order chi connectivity index (χ1) is 14.6. The number of carbonyl (C=O) groups is 2. The fraction of sp³-hybridized carbons (Fsp3) is 0.292. The maximum absolute atomic E-state index is 12.8. The highest BCUT2D eigenvalue weighted by Gasteiger charge is 2.22. The largest absolute Gasteiger partial charge is 0.344 e. The number of rotatable bonds is 4. The lowest BCUT2D eigenvalue weighted by atomic mass is 10.0. The zero-order chi connectivity index (χ0) is 20.7. The van der Waals surface area contributed by atoms with Crippen molar-refractivity contribution in [2.75, 3.05) is 12.4 Å². The topological polar surface area (TPSA) is 67.2 Å². The van der Waals surface area contributed by atoms with Gasteiger partial charge in [-0.15, -0.1) is 0 Å². The van der Waals surface area contributed by atoms with Crippen LogP contribution in [0.3, 0.4) is 0 Å². The zero-order valence-electron chi connectivity index (χ0n) is 17.0. The lowest BCUT2D eigenvalue weighted by Crippen LogP contribution is -2.24. The van der Waals surface area contributed by atoms with Gasteiger partial charge < -0.3 is 14.8 Å². The molecule has 0 unspecified atom stereocenters. The number of benzene rings is 1. The minimum atomic E-state index is -0.0388. The second kappa shape index (κ2) is 7.44. The van der Waals surface area contributed by atoms with E-state index in [1.165, 1.54) is 22.2 Å². The molecule has 2 amide bonds. The van der Waals surface area contributed by atoms with E-state index in [9.17, 15) is 9.59 Å². The number of para-hydroxylation sites is 1. The minimum absolute atomic E-state index is 0.000205. The Morgan fingerprint density at radius 1 is 1.27 bits per heavy atom. The van der Waals surface area contributed by atoms with Gasteiger partial charge in [-0.1, -0.05) is 18.2 Å². The summed E-state index contributed by atoms with van der Waals surface area (Å²) in [6, 6.07) is 10.4. The van der Waals surface area contributed by atoms with E-state index in [-0.39, 0.29) is 11.8 Å². The molecule has 0 fully saturated rings. The van der Waals surface area contributed by atoms with Crippen LogP contribution in [-0.2, 0) is 35.5 Å². The second-order valence-electron chi connectivity index (χ2n) is 8.05. The van der Waals surface area contributed by atoms with Crippen molar-refractivity contribution < 1.29 is 9.59 Å². The monoisotopic (exact) mass is 400 g/mol. The van der Waals surface area contributed by atoms with Gasteiger partial charge in [-0.05, 0) is 48.6 Å². The number of fused-ring (bicyclic) bond motifs is 4. The van der Waals surface area contributed by atoms with Crippen LogP contribution in [0.1, 0.15) is 35.2 Å². The molecule has 152 valence electrons. The molecule has 30 heavy (non-hydrogen) atoms. The van der Waals surface area contributed by atoms with Gasteiger partial charge in [0.2, 0.25) is 11.8 Å². The highest BCUT2D eigenvalue weighted by atomic mass is 16.2. The van der Waals surface area contributed by atoms with Crippen LogP contribution >= 0.6 is 0 Å². The molecule has 2 aliphatic rings. The van der Waals surface area contributed by atoms with Crippen molar-refractivity contribution >= 4 is 34.6 Å². The van der Waals surface area contributed by atoms with Crippen LogP contribution in [0.5, 0.6) is 0 Å². The van der Waals surface area contributed by atoms with Crippen LogP contribution in [0.25, 0.3) is 17.0 Å². The number of nitrogens with one attached hydrogen (secondary N) is 1. The predicted octanol–water partition coefficient (Wildman–Crippen LogP) is 3.54. The van der Waals surface area contributed by atoms with Crippen molar-refractivity contribution in [3.8, 4) is 0 Å². The lowest BCUT2D eigenvalue weighted by Gasteiger charge is -2.16. The first kappa shape index (κ1) is 18.6. The summed E-state index contributed by atoms with van der Waals surface area (Å²) in [6.07, 6.45) is 8.46. The van der Waals surface area contributed by atoms with Crippen LogP contribution in [0.2, 0.25) is 0 Å². The molecule has 3 aromatic rings. The molecule has 4 heterocycles. The maximum Gasteiger partial charge on any atom is 0.246 e. The van der Waals surface area contributed by atoms with Crippen molar-refractivity contribution in [3.05, 3.63) is 65.0 Å². The molecule has 0 spiro atoms. The number of nitrogens with zero attached hydrogens (tertiary/aromatic N) is 3. The minimum Gasteiger partial charge on any atom is -0.344 e. The number of carbonyl (C=O) groups excluding carboxylic acids is 2. The molecule has 2 aromatic heterocycles. The van der Waals surface area contributed by atoms with E-state index in [1.807, 2.05) is 13.1 Å². The number of hydrogen-bond acceptors (Lipinski definition) is 3. The van der Waals surface area contributed by atoms with Gasteiger partial charge in [-0.2, -0.15) is 0 Å². The van der Waals surface area contributed by atoms with E-state index in [0.29, 0.717) is 25.2 Å². The Kier molecular flexibility index (Phi) is 4.62. The Morgan fingerprint density at radius 2 is 2.13 bits per heavy atom. The SMILES string of the molecule is CN(Cc1c2n(c3ccccc13)CCC2)C(=O)/C=C/c1cnc2c(c1)CCC(=O)N2. The van der Waals surface area contributed by atoms with Gasteiger partial charge in [0.25, 0.3) is 0 Å². The summed E-state index contributed by atoms with van der Waals surface area (Å²) in [7, 11) is 1.85. The zero-order valence-corrected chi connectivity index (χ0v) is 17.0. The molecule has 0 radical (unpaired) electrons. The third kappa shape index (κ3) is 3.28. The van der Waals surface area contributed by atoms with Crippen molar-refractivity contribution in [3.63, 3.8) is 0 Å². The molecule has 1 aromatic carbocycles. The highest BCUT2D eigenvalue weighted by molar-refractivity contribution is 5.94. The van der Waals surface area contributed by atoms with Crippen LogP contribution in [0.4, 0.5) is 5.82 Å². The molecule has 0 atom stereocenters. The van der Waals surface area contributed by atoms with Crippen molar-refractivity contribution in [1.82, 2.24) is 14.5 Å². The van der Waals surface area contributed by atoms with E-state index < -0.39 is 0 Å². The fourth-order valence-electron chi connectivity index (χ4n) is 4.53. The molecule has 6 nitrogen and oxygen atoms in total. The Hall–Kier alpha value is -3.41. The van der Waals surface area contributed by atoms with Crippen LogP contribution in [0, 0.1) is 0 Å². The van der Waals surface area contributed by atoms with Gasteiger partial charge in [0.05, 0.1) is 0 Å². The Balaban J connectivity index is 1.33. The summed E-state index contributed by atoms with van der Waals surface area (Å²) in [5.41, 5.74) is 5.76. The molecule has 0 saturated carbocycles. The molecular formula is C24H24N4O2. The Labute approximate surface area is 175 Å². The summed E-state index contributed by atoms with van der Waals surface area (Å²) >= 11 is 0. The number of pyridine rings is 1. The van der Waals surface area contributed by atoms with E-state index in [4.69, 9.17) is 0 Å². The van der Waals surface area contributed by atoms with Crippen LogP contribution < -0.4 is 5.32 Å². The smallest absolute Gasteiger partial charge is 0.246 e. The second-order valence-corrected chi connectivity index (χ2v) is 8.05. The maximum atomic E-state index is 12.8. The third-order valence-corrected chi connectivity index (χ3v) is 6.05. The van der Waals surface area contributed by atoms with E-state index in [0.717, 1.165) is 30.5 Å². The van der Waals surface area contributed by atoms with E-state index in [2.05, 4.69) is 39.1 Å². The average molecular weight is 400 g/mol. The number of aryl methyl sites for hydroxylation is 2. The normalized spacial score (nSPS) is 15.3. The standard InChI is InChI=1S/C24H24N4O2/c1-27(15-19-18-5-2-3-6-20(18)28-12-4-7-21(19)28)23(30)11-8-16-13-17-9-10-22(29)26-24(17)25-14-16/h2-3,5-6,8,11,13-14H,4,7,9-10,12,15H2,1H3,(H,25,26,29)/b11-8+. The number of aromatic nitrogens is 2. The van der Waals surface area contributed by atoms with Crippen LogP contribution in [-0.4, -0.2) is 33.3 Å². The van der Waals surface area contributed by atoms with E-state index in [1.54, 1.807) is 23.2 Å². The van der Waals surface area contributed by atoms with Gasteiger partial charge in [0.1, 0.15) is 5.82 Å². The first-order valence-corrected chi connectivity index (χ1v) is 10.4. The predicted molar refractivity (Wildman–Crippen MR) is 117 cm³/mol. The summed E-state index contributed by atoms with van der Waals surface area (Å²) in [5, 5.41) is 4.03. The van der Waals surface area contributed by atoms with Gasteiger partial charge in [-0.25, -0.2) is 4.98 Å². The molecular weight excluding hydrogens is 376 g/mol. The fourth-order valence-corrected chi connectivity index (χ4v) is 4.53. The van der Waals surface area contributed by atoms with Crippen molar-refractivity contribution in [1.29, 1.82) is 0 Å². The molecule has 1 N–H and O–H groups in total. The average Bonchev–Trinajstić information content (AvgIpc) is 3.34. The first-order valence-electron chi connectivity index (χ1n) is 10.4. The molecule has 0 aliphatic carbocycles. The highest BCUT2D eigenvalue weighted by Crippen LogP contribution is 2.32. The molecule has 0 bridgehead atoms. The Bertz CT molecular complexity index is 1190. The summed E-state index contributed by atoms with van der Waals surface area (Å²) in [6.45, 7) is 1.65. The molecule has 5 rings (SSSR count). The quantitative estimate of drug-likeness (QED) is 0.681. The number of anilines is 1. The number of hydrogen-bond donors (Lipinski definition) is 1.